The Kier molecular flexibility index (Phi) is 4.41. The number of hydrogen-bond donors (Lipinski definition) is 0. The van der Waals surface area contributed by atoms with Crippen LogP contribution in [0.25, 0.3) is 5.57 Å². The third-order valence-corrected chi connectivity index (χ3v) is 2.64. The van der Waals surface area contributed by atoms with E-state index in [0.717, 1.165) is 5.57 Å². The number of hydrogen-bond acceptors (Lipinski definition) is 0. The summed E-state index contributed by atoms with van der Waals surface area (Å²) >= 11 is 0. The Morgan fingerprint density at radius 1 is 1.31 bits per heavy atom. The summed E-state index contributed by atoms with van der Waals surface area (Å²) in [6, 6.07) is 3.27. The van der Waals surface area contributed by atoms with Crippen molar-refractivity contribution in [2.45, 2.75) is 26.7 Å². The minimum Gasteiger partial charge on any atom is -0.203 e. The summed E-state index contributed by atoms with van der Waals surface area (Å²) in [5.74, 6) is -1.49. The minimum atomic E-state index is -0.753. The summed E-state index contributed by atoms with van der Waals surface area (Å²) in [6.45, 7) is 7.13. The van der Waals surface area contributed by atoms with E-state index in [0.29, 0.717) is 24.0 Å². The molecule has 86 valence electrons. The van der Waals surface area contributed by atoms with Crippen molar-refractivity contribution >= 4 is 5.57 Å². The highest BCUT2D eigenvalue weighted by atomic mass is 19.2. The molecule has 0 N–H and O–H groups in total. The Hall–Kier alpha value is -1.44. The smallest absolute Gasteiger partial charge is 0.166 e. The van der Waals surface area contributed by atoms with Crippen molar-refractivity contribution in [1.82, 2.24) is 0 Å². The molecule has 1 aromatic rings. The molecule has 1 rings (SSSR count). The third kappa shape index (κ3) is 2.57. The van der Waals surface area contributed by atoms with Crippen LogP contribution in [0.1, 0.15) is 31.4 Å². The predicted octanol–water partition coefficient (Wildman–Crippen LogP) is 4.51. The van der Waals surface area contributed by atoms with Crippen LogP contribution >= 0.6 is 0 Å². The number of rotatable bonds is 4. The van der Waals surface area contributed by atoms with E-state index < -0.39 is 11.6 Å². The van der Waals surface area contributed by atoms with Gasteiger partial charge in [0.05, 0.1) is 0 Å². The van der Waals surface area contributed by atoms with Gasteiger partial charge in [-0.25, -0.2) is 8.78 Å². The first kappa shape index (κ1) is 12.6. The lowest BCUT2D eigenvalue weighted by Crippen LogP contribution is -1.98. The van der Waals surface area contributed by atoms with Crippen molar-refractivity contribution in [3.8, 4) is 0 Å². The van der Waals surface area contributed by atoms with Crippen molar-refractivity contribution < 1.29 is 8.78 Å². The molecule has 0 amide bonds. The standard InChI is InChI=1S/C14H16F2/c1-4-6-7-11-8-9-12(10(3)5-2)14(16)13(11)15/h4-5,8-9H,1,6-7H2,2-3H3/b10-5+. The summed E-state index contributed by atoms with van der Waals surface area (Å²) < 4.78 is 27.3. The molecular formula is C14H16F2. The Morgan fingerprint density at radius 3 is 2.56 bits per heavy atom. The largest absolute Gasteiger partial charge is 0.203 e. The molecule has 0 aromatic heterocycles. The van der Waals surface area contributed by atoms with E-state index in [-0.39, 0.29) is 0 Å². The molecule has 0 nitrogen and oxygen atoms in total. The van der Waals surface area contributed by atoms with Gasteiger partial charge in [0.15, 0.2) is 11.6 Å². The Balaban J connectivity index is 3.12. The molecule has 0 aliphatic rings. The molecule has 0 radical (unpaired) electrons. The van der Waals surface area contributed by atoms with Crippen molar-refractivity contribution in [1.29, 1.82) is 0 Å². The van der Waals surface area contributed by atoms with Crippen molar-refractivity contribution in [2.24, 2.45) is 0 Å². The summed E-state index contributed by atoms with van der Waals surface area (Å²) in [7, 11) is 0. The van der Waals surface area contributed by atoms with Crippen LogP contribution in [0, 0.1) is 11.6 Å². The lowest BCUT2D eigenvalue weighted by Gasteiger charge is -2.08. The zero-order chi connectivity index (χ0) is 12.1. The van der Waals surface area contributed by atoms with E-state index in [1.807, 2.05) is 0 Å². The molecule has 0 bridgehead atoms. The van der Waals surface area contributed by atoms with Crippen LogP contribution in [-0.4, -0.2) is 0 Å². The second-order valence-electron chi connectivity index (χ2n) is 3.70. The first-order valence-corrected chi connectivity index (χ1v) is 5.32. The average molecular weight is 222 g/mol. The third-order valence-electron chi connectivity index (χ3n) is 2.64. The maximum absolute atomic E-state index is 13.7. The molecule has 0 aliphatic heterocycles. The van der Waals surface area contributed by atoms with Gasteiger partial charge >= 0.3 is 0 Å². The van der Waals surface area contributed by atoms with Crippen LogP contribution < -0.4 is 0 Å². The van der Waals surface area contributed by atoms with E-state index >= 15 is 0 Å². The van der Waals surface area contributed by atoms with Crippen LogP contribution in [0.4, 0.5) is 8.78 Å². The average Bonchev–Trinajstić information content (AvgIpc) is 2.30. The SMILES string of the molecule is C=CCCc1ccc(/C(C)=C/C)c(F)c1F. The topological polar surface area (TPSA) is 0 Å². The van der Waals surface area contributed by atoms with Crippen LogP contribution in [0.5, 0.6) is 0 Å². The molecule has 0 spiro atoms. The number of allylic oxidation sites excluding steroid dienone is 3. The summed E-state index contributed by atoms with van der Waals surface area (Å²) in [5.41, 5.74) is 1.49. The predicted molar refractivity (Wildman–Crippen MR) is 64.2 cm³/mol. The number of aryl methyl sites for hydroxylation is 1. The lowest BCUT2D eigenvalue weighted by atomic mass is 10.0. The van der Waals surface area contributed by atoms with Crippen molar-refractivity contribution in [3.63, 3.8) is 0 Å². The van der Waals surface area contributed by atoms with Crippen LogP contribution in [0.15, 0.2) is 30.9 Å². The molecule has 16 heavy (non-hydrogen) atoms. The minimum absolute atomic E-state index is 0.336. The molecule has 0 saturated heterocycles. The maximum atomic E-state index is 13.7. The summed E-state index contributed by atoms with van der Waals surface area (Å²) in [5, 5.41) is 0. The molecular weight excluding hydrogens is 206 g/mol. The van der Waals surface area contributed by atoms with Gasteiger partial charge in [-0.05, 0) is 37.8 Å². The van der Waals surface area contributed by atoms with Gasteiger partial charge in [-0.1, -0.05) is 24.3 Å². The molecule has 0 saturated carbocycles. The van der Waals surface area contributed by atoms with Crippen molar-refractivity contribution in [3.05, 3.63) is 53.6 Å². The second kappa shape index (κ2) is 5.59. The van der Waals surface area contributed by atoms with Crippen LogP contribution in [0.2, 0.25) is 0 Å². The van der Waals surface area contributed by atoms with E-state index in [1.54, 1.807) is 38.1 Å². The van der Waals surface area contributed by atoms with Crippen LogP contribution in [0.3, 0.4) is 0 Å². The van der Waals surface area contributed by atoms with Gasteiger partial charge < -0.3 is 0 Å². The first-order chi connectivity index (χ1) is 7.61. The van der Waals surface area contributed by atoms with Crippen molar-refractivity contribution in [2.75, 3.05) is 0 Å². The molecule has 0 unspecified atom stereocenters. The van der Waals surface area contributed by atoms with Gasteiger partial charge in [0.2, 0.25) is 0 Å². The normalized spacial score (nSPS) is 11.6. The maximum Gasteiger partial charge on any atom is 0.166 e. The van der Waals surface area contributed by atoms with E-state index in [4.69, 9.17) is 0 Å². The quantitative estimate of drug-likeness (QED) is 0.658. The van der Waals surface area contributed by atoms with E-state index in [9.17, 15) is 8.78 Å². The van der Waals surface area contributed by atoms with Gasteiger partial charge in [0.1, 0.15) is 0 Å². The van der Waals surface area contributed by atoms with E-state index in [2.05, 4.69) is 6.58 Å². The molecule has 2 heteroatoms. The van der Waals surface area contributed by atoms with E-state index in [1.165, 1.54) is 0 Å². The summed E-state index contributed by atoms with van der Waals surface area (Å²) in [4.78, 5) is 0. The molecule has 1 aromatic carbocycles. The molecule has 0 atom stereocenters. The van der Waals surface area contributed by atoms with Gasteiger partial charge in [-0.3, -0.25) is 0 Å². The fraction of sp³-hybridized carbons (Fsp3) is 0.286. The number of halogens is 2. The highest BCUT2D eigenvalue weighted by Gasteiger charge is 2.13. The Labute approximate surface area is 95.3 Å². The van der Waals surface area contributed by atoms with Gasteiger partial charge in [-0.2, -0.15) is 0 Å². The second-order valence-corrected chi connectivity index (χ2v) is 3.70. The number of benzene rings is 1. The lowest BCUT2D eigenvalue weighted by molar-refractivity contribution is 0.496. The zero-order valence-corrected chi connectivity index (χ0v) is 9.69. The zero-order valence-electron chi connectivity index (χ0n) is 9.69. The molecule has 0 aliphatic carbocycles. The van der Waals surface area contributed by atoms with Gasteiger partial charge in [0, 0.05) is 5.56 Å². The fourth-order valence-corrected chi connectivity index (χ4v) is 1.50. The van der Waals surface area contributed by atoms with Gasteiger partial charge in [-0.15, -0.1) is 6.58 Å². The Bertz CT molecular complexity index is 417. The Morgan fingerprint density at radius 2 is 2.00 bits per heavy atom. The van der Waals surface area contributed by atoms with Crippen LogP contribution in [-0.2, 0) is 6.42 Å². The highest BCUT2D eigenvalue weighted by molar-refractivity contribution is 5.64. The molecule has 0 fully saturated rings. The monoisotopic (exact) mass is 222 g/mol. The summed E-state index contributed by atoms with van der Waals surface area (Å²) in [6.07, 6.45) is 4.60. The van der Waals surface area contributed by atoms with Gasteiger partial charge in [0.25, 0.3) is 0 Å². The molecule has 0 heterocycles. The highest BCUT2D eigenvalue weighted by Crippen LogP contribution is 2.23. The first-order valence-electron chi connectivity index (χ1n) is 5.32. The fourth-order valence-electron chi connectivity index (χ4n) is 1.50.